The fourth-order valence-corrected chi connectivity index (χ4v) is 4.54. The fourth-order valence-electron chi connectivity index (χ4n) is 3.16. The molecule has 0 bridgehead atoms. The van der Waals surface area contributed by atoms with Crippen LogP contribution in [-0.2, 0) is 9.53 Å². The van der Waals surface area contributed by atoms with Crippen LogP contribution in [0.1, 0.15) is 25.6 Å². The van der Waals surface area contributed by atoms with Crippen LogP contribution in [0.4, 0.5) is 5.69 Å². The molecule has 0 aliphatic carbocycles. The number of fused-ring (bicyclic) bond motifs is 3. The molecule has 2 aliphatic rings. The molecule has 0 spiro atoms. The molecule has 0 N–H and O–H groups in total. The minimum absolute atomic E-state index is 0.308. The number of benzene rings is 1. The molecule has 0 fully saturated rings. The van der Waals surface area contributed by atoms with Crippen LogP contribution in [0, 0.1) is 0 Å². The molecule has 0 radical (unpaired) electrons. The largest absolute Gasteiger partial charge is 0.463 e. The van der Waals surface area contributed by atoms with Crippen molar-refractivity contribution in [3.8, 4) is 0 Å². The normalized spacial score (nSPS) is 18.3. The number of esters is 1. The molecule has 0 saturated heterocycles. The molecular weight excluding hydrogens is 370 g/mol. The van der Waals surface area contributed by atoms with Crippen molar-refractivity contribution in [3.05, 3.63) is 64.6 Å². The van der Waals surface area contributed by atoms with Crippen LogP contribution in [0.5, 0.6) is 0 Å². The maximum atomic E-state index is 12.7. The van der Waals surface area contributed by atoms with Gasteiger partial charge in [0.2, 0.25) is 0 Å². The highest BCUT2D eigenvalue weighted by atomic mass is 35.5. The Balaban J connectivity index is 1.90. The van der Waals surface area contributed by atoms with Gasteiger partial charge in [0, 0.05) is 16.1 Å². The molecule has 1 aromatic heterocycles. The molecule has 1 unspecified atom stereocenters. The van der Waals surface area contributed by atoms with E-state index in [1.807, 2.05) is 48.2 Å². The first-order valence-corrected chi connectivity index (χ1v) is 9.43. The first kappa shape index (κ1) is 17.1. The number of rotatable bonds is 3. The van der Waals surface area contributed by atoms with Crippen molar-refractivity contribution < 1.29 is 9.53 Å². The summed E-state index contributed by atoms with van der Waals surface area (Å²) in [7, 11) is 0. The van der Waals surface area contributed by atoms with Gasteiger partial charge >= 0.3 is 5.97 Å². The van der Waals surface area contributed by atoms with Gasteiger partial charge in [-0.05, 0) is 55.9 Å². The molecule has 132 valence electrons. The van der Waals surface area contributed by atoms with Gasteiger partial charge in [-0.25, -0.2) is 9.79 Å². The summed E-state index contributed by atoms with van der Waals surface area (Å²) in [6.07, 6.45) is 1.73. The van der Waals surface area contributed by atoms with Crippen LogP contribution in [0.15, 0.2) is 63.8 Å². The van der Waals surface area contributed by atoms with Gasteiger partial charge in [0.15, 0.2) is 5.17 Å². The highest BCUT2D eigenvalue weighted by Crippen LogP contribution is 2.50. The van der Waals surface area contributed by atoms with Gasteiger partial charge in [0.1, 0.15) is 6.04 Å². The first-order chi connectivity index (χ1) is 12.6. The number of pyridine rings is 1. The summed E-state index contributed by atoms with van der Waals surface area (Å²) >= 11 is 7.70. The van der Waals surface area contributed by atoms with Crippen LogP contribution in [0.2, 0.25) is 5.02 Å². The van der Waals surface area contributed by atoms with Crippen molar-refractivity contribution in [3.63, 3.8) is 0 Å². The topological polar surface area (TPSA) is 54.8 Å². The van der Waals surface area contributed by atoms with E-state index in [1.54, 1.807) is 24.9 Å². The Kier molecular flexibility index (Phi) is 4.46. The summed E-state index contributed by atoms with van der Waals surface area (Å²) in [6.45, 7) is 3.94. The van der Waals surface area contributed by atoms with Gasteiger partial charge in [-0.2, -0.15) is 0 Å². The second-order valence-corrected chi connectivity index (χ2v) is 7.30. The summed E-state index contributed by atoms with van der Waals surface area (Å²) < 4.78 is 5.31. The van der Waals surface area contributed by atoms with Gasteiger partial charge in [0.05, 0.1) is 29.3 Å². The highest BCUT2D eigenvalue weighted by molar-refractivity contribution is 8.14. The second kappa shape index (κ2) is 6.78. The van der Waals surface area contributed by atoms with Crippen molar-refractivity contribution in [1.82, 2.24) is 4.98 Å². The van der Waals surface area contributed by atoms with E-state index in [2.05, 4.69) is 9.98 Å². The molecule has 1 atom stereocenters. The molecule has 1 aromatic carbocycles. The summed E-state index contributed by atoms with van der Waals surface area (Å²) in [5.74, 6) is -0.365. The molecule has 0 amide bonds. The Morgan fingerprint density at radius 1 is 1.35 bits per heavy atom. The van der Waals surface area contributed by atoms with Crippen LogP contribution in [0.25, 0.3) is 0 Å². The van der Waals surface area contributed by atoms with Crippen LogP contribution in [-0.4, -0.2) is 22.7 Å². The molecule has 3 heterocycles. The number of ether oxygens (including phenoxy) is 1. The third-order valence-electron chi connectivity index (χ3n) is 4.24. The van der Waals surface area contributed by atoms with E-state index in [-0.39, 0.29) is 5.97 Å². The monoisotopic (exact) mass is 385 g/mol. The maximum absolute atomic E-state index is 12.7. The van der Waals surface area contributed by atoms with E-state index in [9.17, 15) is 4.79 Å². The smallest absolute Gasteiger partial charge is 0.338 e. The Labute approximate surface area is 160 Å². The van der Waals surface area contributed by atoms with Gasteiger partial charge in [0.25, 0.3) is 0 Å². The van der Waals surface area contributed by atoms with Crippen LogP contribution < -0.4 is 4.90 Å². The number of aliphatic imine (C=N–C) groups is 1. The predicted molar refractivity (Wildman–Crippen MR) is 104 cm³/mol. The van der Waals surface area contributed by atoms with Crippen molar-refractivity contribution in [2.24, 2.45) is 4.99 Å². The van der Waals surface area contributed by atoms with Crippen LogP contribution >= 0.6 is 23.4 Å². The minimum atomic E-state index is -0.391. The fraction of sp³-hybridized carbons (Fsp3) is 0.211. The van der Waals surface area contributed by atoms with E-state index < -0.39 is 6.04 Å². The van der Waals surface area contributed by atoms with E-state index in [0.29, 0.717) is 22.9 Å². The predicted octanol–water partition coefficient (Wildman–Crippen LogP) is 4.60. The van der Waals surface area contributed by atoms with Gasteiger partial charge in [-0.1, -0.05) is 17.7 Å². The molecule has 2 aromatic rings. The van der Waals surface area contributed by atoms with Crippen LogP contribution in [0.3, 0.4) is 0 Å². The number of hydrogen-bond donors (Lipinski definition) is 0. The first-order valence-electron chi connectivity index (χ1n) is 8.24. The van der Waals surface area contributed by atoms with Crippen molar-refractivity contribution in [1.29, 1.82) is 0 Å². The Bertz CT molecular complexity index is 943. The molecule has 7 heteroatoms. The average Bonchev–Trinajstić information content (AvgIpc) is 2.98. The van der Waals surface area contributed by atoms with E-state index in [0.717, 1.165) is 21.4 Å². The Morgan fingerprint density at radius 3 is 2.92 bits per heavy atom. The van der Waals surface area contributed by atoms with Gasteiger partial charge in [-0.3, -0.25) is 4.98 Å². The lowest BCUT2D eigenvalue weighted by atomic mass is 9.97. The number of aromatic nitrogens is 1. The number of hydrogen-bond acceptors (Lipinski definition) is 6. The van der Waals surface area contributed by atoms with Crippen molar-refractivity contribution in [2.75, 3.05) is 11.5 Å². The summed E-state index contributed by atoms with van der Waals surface area (Å²) in [5.41, 5.74) is 2.89. The summed E-state index contributed by atoms with van der Waals surface area (Å²) in [4.78, 5) is 24.9. The van der Waals surface area contributed by atoms with E-state index in [4.69, 9.17) is 16.3 Å². The molecule has 4 rings (SSSR count). The number of thioether (sulfide) groups is 1. The minimum Gasteiger partial charge on any atom is -0.463 e. The third kappa shape index (κ3) is 2.79. The molecule has 26 heavy (non-hydrogen) atoms. The number of carbonyl (C=O) groups is 1. The second-order valence-electron chi connectivity index (χ2n) is 5.86. The molecule has 2 aliphatic heterocycles. The lowest BCUT2D eigenvalue weighted by Crippen LogP contribution is -2.37. The van der Waals surface area contributed by atoms with E-state index in [1.165, 1.54) is 0 Å². The lowest BCUT2D eigenvalue weighted by molar-refractivity contribution is -0.138. The number of halogens is 1. The Morgan fingerprint density at radius 2 is 2.19 bits per heavy atom. The standard InChI is InChI=1S/C19H16ClN3O2S/c1-3-25-18(24)16-11(2)22-19-23(17(16)13-6-4-5-9-21-13)14-8-7-12(20)10-15(14)26-19/h4-10,17H,3H2,1-2H3. The van der Waals surface area contributed by atoms with E-state index >= 15 is 0 Å². The zero-order valence-corrected chi connectivity index (χ0v) is 15.8. The molecule has 5 nitrogen and oxygen atoms in total. The number of amidine groups is 1. The van der Waals surface area contributed by atoms with Gasteiger partial charge in [-0.15, -0.1) is 0 Å². The Hall–Kier alpha value is -2.31. The number of anilines is 1. The lowest BCUT2D eigenvalue weighted by Gasteiger charge is -2.34. The SMILES string of the molecule is CCOC(=O)C1=C(C)N=C2Sc3cc(Cl)ccc3N2C1c1ccccn1. The summed E-state index contributed by atoms with van der Waals surface area (Å²) in [6, 6.07) is 11.0. The highest BCUT2D eigenvalue weighted by Gasteiger charge is 2.42. The van der Waals surface area contributed by atoms with Crippen molar-refractivity contribution >= 4 is 40.2 Å². The van der Waals surface area contributed by atoms with Gasteiger partial charge < -0.3 is 9.64 Å². The zero-order chi connectivity index (χ0) is 18.3. The number of allylic oxidation sites excluding steroid dienone is 1. The number of carbonyl (C=O) groups excluding carboxylic acids is 1. The molecule has 0 saturated carbocycles. The average molecular weight is 386 g/mol. The van der Waals surface area contributed by atoms with Crippen molar-refractivity contribution in [2.45, 2.75) is 24.8 Å². The third-order valence-corrected chi connectivity index (χ3v) is 5.49. The maximum Gasteiger partial charge on any atom is 0.338 e. The zero-order valence-electron chi connectivity index (χ0n) is 14.3. The quantitative estimate of drug-likeness (QED) is 0.723. The summed E-state index contributed by atoms with van der Waals surface area (Å²) in [5, 5.41) is 1.48. The molecular formula is C19H16ClN3O2S. The number of nitrogens with zero attached hydrogens (tertiary/aromatic N) is 3.